The molecule has 2 aromatic rings. The molecule has 17 heavy (non-hydrogen) atoms. The molecule has 0 aliphatic carbocycles. The second-order valence-electron chi connectivity index (χ2n) is 3.51. The Morgan fingerprint density at radius 2 is 1.76 bits per heavy atom. The highest BCUT2D eigenvalue weighted by Crippen LogP contribution is 2.22. The highest BCUT2D eigenvalue weighted by molar-refractivity contribution is 9.10. The van der Waals surface area contributed by atoms with Crippen LogP contribution in [-0.2, 0) is 0 Å². The first-order chi connectivity index (χ1) is 8.06. The number of aromatic nitrogens is 1. The number of rotatable bonds is 2. The Hall–Kier alpha value is -1.33. The molecule has 0 bridgehead atoms. The first-order valence-corrected chi connectivity index (χ1v) is 5.61. The largest absolute Gasteiger partial charge is 0.382 e. The van der Waals surface area contributed by atoms with Gasteiger partial charge in [-0.3, -0.25) is 4.98 Å². The highest BCUT2D eigenvalue weighted by Gasteiger charge is 2.13. The van der Waals surface area contributed by atoms with Crippen molar-refractivity contribution in [3.63, 3.8) is 0 Å². The van der Waals surface area contributed by atoms with Gasteiger partial charge in [0.2, 0.25) is 0 Å². The molecular weight excluding hydrogens is 292 g/mol. The van der Waals surface area contributed by atoms with Gasteiger partial charge in [-0.15, -0.1) is 0 Å². The minimum absolute atomic E-state index is 0.136. The standard InChI is InChI=1S/C12H8BrF2NO/c13-8-1-2-11(16-6-8)12(17)7-3-9(14)5-10(15)4-7/h1-6,12,17H. The SMILES string of the molecule is OC(c1cc(F)cc(F)c1)c1ccc(Br)cn1. The molecule has 2 nitrogen and oxygen atoms in total. The van der Waals surface area contributed by atoms with E-state index in [1.807, 2.05) is 0 Å². The maximum Gasteiger partial charge on any atom is 0.126 e. The van der Waals surface area contributed by atoms with Crippen LogP contribution in [0.5, 0.6) is 0 Å². The van der Waals surface area contributed by atoms with Crippen molar-refractivity contribution in [2.75, 3.05) is 0 Å². The molecule has 0 spiro atoms. The molecule has 1 aromatic carbocycles. The Morgan fingerprint density at radius 3 is 2.29 bits per heavy atom. The summed E-state index contributed by atoms with van der Waals surface area (Å²) in [7, 11) is 0. The molecule has 88 valence electrons. The minimum atomic E-state index is -1.15. The average molecular weight is 300 g/mol. The summed E-state index contributed by atoms with van der Waals surface area (Å²) in [5.74, 6) is -1.45. The summed E-state index contributed by atoms with van der Waals surface area (Å²) in [4.78, 5) is 3.97. The Morgan fingerprint density at radius 1 is 1.12 bits per heavy atom. The summed E-state index contributed by atoms with van der Waals surface area (Å²) in [6.07, 6.45) is 0.363. The summed E-state index contributed by atoms with van der Waals surface area (Å²) >= 11 is 3.21. The molecule has 0 aliphatic rings. The Labute approximate surface area is 105 Å². The number of benzene rings is 1. The van der Waals surface area contributed by atoms with Gasteiger partial charge in [-0.25, -0.2) is 8.78 Å². The Balaban J connectivity index is 2.36. The fourth-order valence-electron chi connectivity index (χ4n) is 1.45. The van der Waals surface area contributed by atoms with Crippen LogP contribution in [0.2, 0.25) is 0 Å². The van der Waals surface area contributed by atoms with Crippen molar-refractivity contribution in [1.29, 1.82) is 0 Å². The lowest BCUT2D eigenvalue weighted by atomic mass is 10.1. The van der Waals surface area contributed by atoms with Gasteiger partial charge < -0.3 is 5.11 Å². The summed E-state index contributed by atoms with van der Waals surface area (Å²) < 4.78 is 26.7. The number of pyridine rings is 1. The van der Waals surface area contributed by atoms with E-state index in [0.717, 1.165) is 22.7 Å². The van der Waals surface area contributed by atoms with Crippen LogP contribution in [0.1, 0.15) is 17.4 Å². The third-order valence-corrected chi connectivity index (χ3v) is 2.70. The lowest BCUT2D eigenvalue weighted by molar-refractivity contribution is 0.214. The smallest absolute Gasteiger partial charge is 0.126 e. The molecule has 0 aliphatic heterocycles. The van der Waals surface area contributed by atoms with E-state index in [0.29, 0.717) is 5.69 Å². The van der Waals surface area contributed by atoms with Gasteiger partial charge in [-0.1, -0.05) is 0 Å². The predicted octanol–water partition coefficient (Wildman–Crippen LogP) is 3.20. The van der Waals surface area contributed by atoms with Crippen LogP contribution in [0, 0.1) is 11.6 Å². The molecule has 1 N–H and O–H groups in total. The van der Waals surface area contributed by atoms with Crippen molar-refractivity contribution < 1.29 is 13.9 Å². The van der Waals surface area contributed by atoms with Gasteiger partial charge in [0.15, 0.2) is 0 Å². The number of nitrogens with zero attached hydrogens (tertiary/aromatic N) is 1. The summed E-state index contributed by atoms with van der Waals surface area (Å²) in [6.45, 7) is 0. The lowest BCUT2D eigenvalue weighted by Gasteiger charge is -2.10. The molecule has 1 aromatic heterocycles. The number of aliphatic hydroxyl groups is 1. The van der Waals surface area contributed by atoms with E-state index in [2.05, 4.69) is 20.9 Å². The van der Waals surface area contributed by atoms with Crippen LogP contribution in [0.15, 0.2) is 41.0 Å². The first-order valence-electron chi connectivity index (χ1n) is 4.82. The lowest BCUT2D eigenvalue weighted by Crippen LogP contribution is -2.03. The van der Waals surface area contributed by atoms with Crippen LogP contribution in [0.4, 0.5) is 8.78 Å². The van der Waals surface area contributed by atoms with E-state index >= 15 is 0 Å². The van der Waals surface area contributed by atoms with Crippen molar-refractivity contribution in [2.45, 2.75) is 6.10 Å². The van der Waals surface area contributed by atoms with Crippen molar-refractivity contribution in [1.82, 2.24) is 4.98 Å². The fourth-order valence-corrected chi connectivity index (χ4v) is 1.69. The monoisotopic (exact) mass is 299 g/mol. The minimum Gasteiger partial charge on any atom is -0.382 e. The zero-order chi connectivity index (χ0) is 12.4. The molecule has 1 atom stereocenters. The van der Waals surface area contributed by atoms with E-state index in [9.17, 15) is 13.9 Å². The third-order valence-electron chi connectivity index (χ3n) is 2.23. The normalized spacial score (nSPS) is 12.5. The maximum atomic E-state index is 13.0. The molecule has 1 heterocycles. The summed E-state index contributed by atoms with van der Waals surface area (Å²) in [5.41, 5.74) is 0.468. The van der Waals surface area contributed by atoms with E-state index in [1.165, 1.54) is 6.20 Å². The van der Waals surface area contributed by atoms with Crippen LogP contribution >= 0.6 is 15.9 Å². The van der Waals surface area contributed by atoms with Crippen molar-refractivity contribution in [3.8, 4) is 0 Å². The molecule has 0 radical (unpaired) electrons. The number of hydrogen-bond donors (Lipinski definition) is 1. The van der Waals surface area contributed by atoms with Gasteiger partial charge in [-0.05, 0) is 45.8 Å². The average Bonchev–Trinajstić information content (AvgIpc) is 2.28. The van der Waals surface area contributed by atoms with Gasteiger partial charge in [0, 0.05) is 16.7 Å². The van der Waals surface area contributed by atoms with Crippen molar-refractivity contribution in [2.24, 2.45) is 0 Å². The predicted molar refractivity (Wildman–Crippen MR) is 62.4 cm³/mol. The van der Waals surface area contributed by atoms with E-state index in [1.54, 1.807) is 12.1 Å². The van der Waals surface area contributed by atoms with Gasteiger partial charge in [0.1, 0.15) is 17.7 Å². The first kappa shape index (κ1) is 12.1. The second-order valence-corrected chi connectivity index (χ2v) is 4.42. The topological polar surface area (TPSA) is 33.1 Å². The molecule has 0 saturated carbocycles. The number of halogens is 3. The summed E-state index contributed by atoms with van der Waals surface area (Å²) in [5, 5.41) is 9.92. The zero-order valence-corrected chi connectivity index (χ0v) is 10.2. The van der Waals surface area contributed by atoms with Gasteiger partial charge in [-0.2, -0.15) is 0 Å². The molecule has 0 fully saturated rings. The molecule has 1 unspecified atom stereocenters. The van der Waals surface area contributed by atoms with Crippen molar-refractivity contribution in [3.05, 3.63) is 63.9 Å². The third kappa shape index (κ3) is 2.87. The molecular formula is C12H8BrF2NO. The molecule has 0 saturated heterocycles. The van der Waals surface area contributed by atoms with Crippen molar-refractivity contribution >= 4 is 15.9 Å². The zero-order valence-electron chi connectivity index (χ0n) is 8.57. The van der Waals surface area contributed by atoms with Crippen LogP contribution in [-0.4, -0.2) is 10.1 Å². The Kier molecular flexibility index (Phi) is 3.49. The summed E-state index contributed by atoms with van der Waals surface area (Å²) in [6, 6.07) is 6.19. The maximum absolute atomic E-state index is 13.0. The Bertz CT molecular complexity index is 510. The fraction of sp³-hybridized carbons (Fsp3) is 0.0833. The van der Waals surface area contributed by atoms with Crippen LogP contribution < -0.4 is 0 Å². The quantitative estimate of drug-likeness (QED) is 0.924. The van der Waals surface area contributed by atoms with E-state index in [4.69, 9.17) is 0 Å². The van der Waals surface area contributed by atoms with Gasteiger partial charge >= 0.3 is 0 Å². The second kappa shape index (κ2) is 4.89. The van der Waals surface area contributed by atoms with Crippen LogP contribution in [0.25, 0.3) is 0 Å². The number of hydrogen-bond acceptors (Lipinski definition) is 2. The number of aliphatic hydroxyl groups excluding tert-OH is 1. The van der Waals surface area contributed by atoms with E-state index in [-0.39, 0.29) is 5.56 Å². The van der Waals surface area contributed by atoms with Gasteiger partial charge in [0.25, 0.3) is 0 Å². The van der Waals surface area contributed by atoms with Crippen LogP contribution in [0.3, 0.4) is 0 Å². The van der Waals surface area contributed by atoms with Gasteiger partial charge in [0.05, 0.1) is 5.69 Å². The molecule has 2 rings (SSSR count). The van der Waals surface area contributed by atoms with E-state index < -0.39 is 17.7 Å². The highest BCUT2D eigenvalue weighted by atomic mass is 79.9. The molecule has 0 amide bonds. The molecule has 5 heteroatoms.